The SMILES string of the molecule is CC(=O)OC(C(=O)O)c1ccccc1.CCC[CH2][Sn]([CH2]CCC)[CH2]CCC. The van der Waals surface area contributed by atoms with E-state index in [2.05, 4.69) is 25.5 Å². The van der Waals surface area contributed by atoms with Crippen LogP contribution in [-0.2, 0) is 14.3 Å². The molecule has 0 aliphatic rings. The summed E-state index contributed by atoms with van der Waals surface area (Å²) in [5.74, 6) is -1.78. The monoisotopic (exact) mass is 485 g/mol. The zero-order valence-corrected chi connectivity index (χ0v) is 20.4. The van der Waals surface area contributed by atoms with Gasteiger partial charge in [-0.15, -0.1) is 0 Å². The second-order valence-corrected chi connectivity index (χ2v) is 15.4. The van der Waals surface area contributed by atoms with Gasteiger partial charge in [-0.1, -0.05) is 30.3 Å². The minimum absolute atomic E-state index is 0.454. The Kier molecular flexibility index (Phi) is 16.4. The van der Waals surface area contributed by atoms with Gasteiger partial charge in [0, 0.05) is 12.5 Å². The molecule has 0 fully saturated rings. The third-order valence-electron chi connectivity index (χ3n) is 4.26. The zero-order valence-electron chi connectivity index (χ0n) is 17.5. The number of hydrogen-bond acceptors (Lipinski definition) is 3. The first-order chi connectivity index (χ1) is 13.0. The van der Waals surface area contributed by atoms with E-state index < -0.39 is 37.8 Å². The number of carboxylic acid groups (broad SMARTS) is 1. The van der Waals surface area contributed by atoms with Gasteiger partial charge >= 0.3 is 104 Å². The molecular formula is C22H37O4Sn. The van der Waals surface area contributed by atoms with Crippen molar-refractivity contribution in [3.05, 3.63) is 35.9 Å². The number of aliphatic carboxylic acids is 1. The molecule has 1 unspecified atom stereocenters. The van der Waals surface area contributed by atoms with Crippen molar-refractivity contribution in [1.82, 2.24) is 0 Å². The quantitative estimate of drug-likeness (QED) is 0.281. The van der Waals surface area contributed by atoms with Crippen LogP contribution in [0.4, 0.5) is 0 Å². The number of rotatable bonds is 12. The van der Waals surface area contributed by atoms with E-state index in [1.807, 2.05) is 0 Å². The Hall–Kier alpha value is -1.04. The molecule has 0 aliphatic heterocycles. The number of carbonyl (C=O) groups is 2. The molecule has 0 aliphatic carbocycles. The Morgan fingerprint density at radius 3 is 1.70 bits per heavy atom. The predicted molar refractivity (Wildman–Crippen MR) is 113 cm³/mol. The van der Waals surface area contributed by atoms with Gasteiger partial charge in [0.2, 0.25) is 6.10 Å². The van der Waals surface area contributed by atoms with Crippen molar-refractivity contribution in [3.8, 4) is 0 Å². The van der Waals surface area contributed by atoms with Crippen molar-refractivity contribution in [2.75, 3.05) is 0 Å². The molecule has 5 heteroatoms. The van der Waals surface area contributed by atoms with Crippen LogP contribution in [0.3, 0.4) is 0 Å². The molecule has 1 N–H and O–H groups in total. The minimum atomic E-state index is -1.21. The standard InChI is InChI=1S/C10H10O4.3C4H9.Sn/c1-7(11)14-9(10(12)13)8-5-3-2-4-6-8;3*1-3-4-2;/h2-6,9H,1H3,(H,12,13);3*1,3-4H2,2H3;. The molecule has 0 saturated heterocycles. The number of benzene rings is 1. The van der Waals surface area contributed by atoms with Gasteiger partial charge in [0.1, 0.15) is 0 Å². The van der Waals surface area contributed by atoms with Crippen LogP contribution in [0.1, 0.15) is 77.9 Å². The molecule has 0 saturated carbocycles. The fourth-order valence-corrected chi connectivity index (χ4v) is 12.2. The molecule has 153 valence electrons. The van der Waals surface area contributed by atoms with E-state index in [9.17, 15) is 9.59 Å². The number of carbonyl (C=O) groups excluding carboxylic acids is 1. The first kappa shape index (κ1) is 26.0. The van der Waals surface area contributed by atoms with Gasteiger partial charge in [-0.25, -0.2) is 4.79 Å². The van der Waals surface area contributed by atoms with Gasteiger partial charge in [-0.3, -0.25) is 4.79 Å². The summed E-state index contributed by atoms with van der Waals surface area (Å²) >= 11 is -0.839. The molecule has 1 aromatic rings. The van der Waals surface area contributed by atoms with E-state index in [1.54, 1.807) is 43.6 Å². The fourth-order valence-electron chi connectivity index (χ4n) is 2.71. The Morgan fingerprint density at radius 1 is 0.926 bits per heavy atom. The van der Waals surface area contributed by atoms with Crippen LogP contribution in [0.5, 0.6) is 0 Å². The number of carboxylic acids is 1. The van der Waals surface area contributed by atoms with Crippen molar-refractivity contribution >= 4 is 31.7 Å². The average molecular weight is 484 g/mol. The van der Waals surface area contributed by atoms with E-state index in [0.717, 1.165) is 0 Å². The first-order valence-corrected chi connectivity index (χ1v) is 16.3. The Bertz CT molecular complexity index is 485. The summed E-state index contributed by atoms with van der Waals surface area (Å²) in [6.45, 7) is 8.18. The summed E-state index contributed by atoms with van der Waals surface area (Å²) in [5, 5.41) is 8.80. The fraction of sp³-hybridized carbons (Fsp3) is 0.636. The molecule has 1 aromatic carbocycles. The number of hydrogen-bond donors (Lipinski definition) is 1. The van der Waals surface area contributed by atoms with E-state index >= 15 is 0 Å². The van der Waals surface area contributed by atoms with Gasteiger partial charge in [-0.2, -0.15) is 0 Å². The maximum atomic E-state index is 10.8. The van der Waals surface area contributed by atoms with E-state index in [4.69, 9.17) is 5.11 Å². The van der Waals surface area contributed by atoms with Crippen molar-refractivity contribution in [3.63, 3.8) is 0 Å². The predicted octanol–water partition coefficient (Wildman–Crippen LogP) is 6.26. The summed E-state index contributed by atoms with van der Waals surface area (Å²) in [6.07, 6.45) is 7.63. The third kappa shape index (κ3) is 13.7. The molecule has 27 heavy (non-hydrogen) atoms. The van der Waals surface area contributed by atoms with Gasteiger partial charge < -0.3 is 9.84 Å². The van der Waals surface area contributed by atoms with Gasteiger partial charge in [0.05, 0.1) is 0 Å². The number of ether oxygens (including phenoxy) is 1. The topological polar surface area (TPSA) is 63.6 Å². The zero-order chi connectivity index (χ0) is 20.5. The van der Waals surface area contributed by atoms with Crippen LogP contribution in [-0.4, -0.2) is 36.8 Å². The second kappa shape index (κ2) is 17.1. The van der Waals surface area contributed by atoms with Gasteiger partial charge in [0.25, 0.3) is 0 Å². The summed E-state index contributed by atoms with van der Waals surface area (Å²) in [4.78, 5) is 21.4. The van der Waals surface area contributed by atoms with Crippen LogP contribution in [0, 0.1) is 0 Å². The maximum absolute atomic E-state index is 10.8. The molecule has 4 nitrogen and oxygen atoms in total. The summed E-state index contributed by atoms with van der Waals surface area (Å²) in [6, 6.07) is 8.34. The Balaban J connectivity index is 0.000000503. The molecule has 0 aromatic heterocycles. The van der Waals surface area contributed by atoms with Crippen LogP contribution in [0.2, 0.25) is 13.3 Å². The van der Waals surface area contributed by atoms with E-state index in [0.29, 0.717) is 5.56 Å². The van der Waals surface area contributed by atoms with Crippen LogP contribution < -0.4 is 0 Å². The second-order valence-electron chi connectivity index (χ2n) is 6.80. The summed E-state index contributed by atoms with van der Waals surface area (Å²) in [5.41, 5.74) is 0.454. The van der Waals surface area contributed by atoms with Crippen molar-refractivity contribution in [2.45, 2.75) is 85.6 Å². The Labute approximate surface area is 172 Å². The molecule has 0 spiro atoms. The van der Waals surface area contributed by atoms with Gasteiger partial charge in [-0.05, 0) is 0 Å². The van der Waals surface area contributed by atoms with E-state index in [-0.39, 0.29) is 0 Å². The normalized spacial score (nSPS) is 11.4. The van der Waals surface area contributed by atoms with Gasteiger partial charge in [0.15, 0.2) is 0 Å². The molecule has 1 rings (SSSR count). The molecule has 0 heterocycles. The summed E-state index contributed by atoms with van der Waals surface area (Å²) < 4.78 is 9.70. The first-order valence-electron chi connectivity index (χ1n) is 10.2. The van der Waals surface area contributed by atoms with Crippen LogP contribution in [0.15, 0.2) is 30.3 Å². The molecule has 0 amide bonds. The van der Waals surface area contributed by atoms with E-state index in [1.165, 1.54) is 45.4 Å². The summed E-state index contributed by atoms with van der Waals surface area (Å²) in [7, 11) is 0. The van der Waals surface area contributed by atoms with Crippen LogP contribution >= 0.6 is 0 Å². The van der Waals surface area contributed by atoms with Crippen LogP contribution in [0.25, 0.3) is 0 Å². The number of esters is 1. The molecular weight excluding hydrogens is 447 g/mol. The third-order valence-corrected chi connectivity index (χ3v) is 13.3. The van der Waals surface area contributed by atoms with Crippen molar-refractivity contribution in [2.24, 2.45) is 0 Å². The van der Waals surface area contributed by atoms with Crippen molar-refractivity contribution < 1.29 is 19.4 Å². The molecule has 1 radical (unpaired) electrons. The number of unbranched alkanes of at least 4 members (excludes halogenated alkanes) is 3. The Morgan fingerprint density at radius 2 is 1.37 bits per heavy atom. The van der Waals surface area contributed by atoms with Crippen molar-refractivity contribution in [1.29, 1.82) is 0 Å². The molecule has 0 bridgehead atoms. The molecule has 1 atom stereocenters. The average Bonchev–Trinajstić information content (AvgIpc) is 2.66.